The number of phenolic OH excluding ortho intramolecular Hbond substituents is 1. The highest BCUT2D eigenvalue weighted by atomic mass is 16.3. The minimum absolute atomic E-state index is 0.0152. The fourth-order valence-corrected chi connectivity index (χ4v) is 2.19. The molecule has 3 N–H and O–H groups in total. The second-order valence-electron chi connectivity index (χ2n) is 4.71. The van der Waals surface area contributed by atoms with Crippen LogP contribution in [0.4, 0.5) is 0 Å². The molecule has 98 valence electrons. The van der Waals surface area contributed by atoms with E-state index in [-0.39, 0.29) is 17.7 Å². The first kappa shape index (κ1) is 12.9. The molecule has 0 radical (unpaired) electrons. The molecule has 0 aromatic heterocycles. The Labute approximate surface area is 107 Å². The maximum Gasteiger partial charge on any atom is 0.237 e. The van der Waals surface area contributed by atoms with E-state index >= 15 is 0 Å². The first-order valence-corrected chi connectivity index (χ1v) is 6.55. The molecule has 1 fully saturated rings. The number of amides is 1. The summed E-state index contributed by atoms with van der Waals surface area (Å²) in [5.41, 5.74) is 1.12. The van der Waals surface area contributed by atoms with Crippen LogP contribution in [0.25, 0.3) is 0 Å². The van der Waals surface area contributed by atoms with Crippen molar-refractivity contribution in [3.05, 3.63) is 29.8 Å². The smallest absolute Gasteiger partial charge is 0.237 e. The lowest BCUT2D eigenvalue weighted by atomic mass is 10.0. The van der Waals surface area contributed by atoms with E-state index in [2.05, 4.69) is 10.6 Å². The molecule has 4 nitrogen and oxygen atoms in total. The fraction of sp³-hybridized carbons (Fsp3) is 0.500. The average Bonchev–Trinajstić information content (AvgIpc) is 2.42. The van der Waals surface area contributed by atoms with E-state index in [1.807, 2.05) is 12.1 Å². The third-order valence-corrected chi connectivity index (χ3v) is 3.28. The normalized spacial score (nSPS) is 19.4. The summed E-state index contributed by atoms with van der Waals surface area (Å²) in [5.74, 6) is 0.377. The van der Waals surface area contributed by atoms with Crippen molar-refractivity contribution in [1.29, 1.82) is 0 Å². The summed E-state index contributed by atoms with van der Waals surface area (Å²) >= 11 is 0. The van der Waals surface area contributed by atoms with Gasteiger partial charge in [0.25, 0.3) is 0 Å². The van der Waals surface area contributed by atoms with Gasteiger partial charge in [-0.2, -0.15) is 0 Å². The number of aromatic hydroxyl groups is 1. The van der Waals surface area contributed by atoms with Crippen molar-refractivity contribution in [2.45, 2.75) is 31.7 Å². The van der Waals surface area contributed by atoms with Gasteiger partial charge in [-0.15, -0.1) is 0 Å². The van der Waals surface area contributed by atoms with Crippen LogP contribution in [-0.4, -0.2) is 30.1 Å². The molecule has 1 aromatic carbocycles. The molecule has 0 bridgehead atoms. The molecule has 18 heavy (non-hydrogen) atoms. The summed E-state index contributed by atoms with van der Waals surface area (Å²) in [6.07, 6.45) is 4.02. The van der Waals surface area contributed by atoms with Crippen molar-refractivity contribution in [1.82, 2.24) is 10.6 Å². The molecule has 0 unspecified atom stereocenters. The molecule has 1 atom stereocenters. The van der Waals surface area contributed by atoms with E-state index in [9.17, 15) is 4.79 Å². The Balaban J connectivity index is 1.71. The number of carbonyl (C=O) groups excluding carboxylic acids is 1. The van der Waals surface area contributed by atoms with E-state index in [1.54, 1.807) is 12.1 Å². The van der Waals surface area contributed by atoms with Crippen LogP contribution in [0.2, 0.25) is 0 Å². The van der Waals surface area contributed by atoms with Crippen LogP contribution in [0.5, 0.6) is 5.75 Å². The SMILES string of the molecule is O=C(NCCc1ccc(O)cc1)[C@H]1CCCCN1. The first-order valence-electron chi connectivity index (χ1n) is 6.55. The van der Waals surface area contributed by atoms with Gasteiger partial charge >= 0.3 is 0 Å². The predicted octanol–water partition coefficient (Wildman–Crippen LogP) is 1.19. The lowest BCUT2D eigenvalue weighted by Gasteiger charge is -2.22. The summed E-state index contributed by atoms with van der Waals surface area (Å²) in [4.78, 5) is 11.8. The molecule has 1 aromatic rings. The van der Waals surface area contributed by atoms with Gasteiger partial charge in [0.2, 0.25) is 5.91 Å². The van der Waals surface area contributed by atoms with Crippen LogP contribution in [-0.2, 0) is 11.2 Å². The van der Waals surface area contributed by atoms with Crippen LogP contribution < -0.4 is 10.6 Å². The van der Waals surface area contributed by atoms with Gasteiger partial charge in [0.1, 0.15) is 5.75 Å². The molecular formula is C14H20N2O2. The summed E-state index contributed by atoms with van der Waals surface area (Å²) in [6.45, 7) is 1.58. The summed E-state index contributed by atoms with van der Waals surface area (Å²) in [5, 5.41) is 15.3. The molecule has 0 aliphatic carbocycles. The molecule has 1 heterocycles. The molecule has 2 rings (SSSR count). The summed E-state index contributed by atoms with van der Waals surface area (Å²) in [7, 11) is 0. The van der Waals surface area contributed by atoms with Crippen molar-refractivity contribution in [3.8, 4) is 5.75 Å². The van der Waals surface area contributed by atoms with Crippen molar-refractivity contribution in [3.63, 3.8) is 0 Å². The Hall–Kier alpha value is -1.55. The third kappa shape index (κ3) is 3.74. The lowest BCUT2D eigenvalue weighted by Crippen LogP contribution is -2.47. The lowest BCUT2D eigenvalue weighted by molar-refractivity contribution is -0.123. The minimum Gasteiger partial charge on any atom is -0.508 e. The minimum atomic E-state index is -0.0152. The number of benzene rings is 1. The zero-order chi connectivity index (χ0) is 12.8. The van der Waals surface area contributed by atoms with Gasteiger partial charge in [-0.25, -0.2) is 0 Å². The Morgan fingerprint density at radius 3 is 2.78 bits per heavy atom. The van der Waals surface area contributed by atoms with Crippen LogP contribution in [0, 0.1) is 0 Å². The topological polar surface area (TPSA) is 61.4 Å². The average molecular weight is 248 g/mol. The standard InChI is InChI=1S/C14H20N2O2/c17-12-6-4-11(5-7-12)8-10-16-14(18)13-3-1-2-9-15-13/h4-7,13,15,17H,1-3,8-10H2,(H,16,18)/t13-/m1/s1. The first-order chi connectivity index (χ1) is 8.75. The number of hydrogen-bond acceptors (Lipinski definition) is 3. The van der Waals surface area contributed by atoms with Crippen LogP contribution in [0.15, 0.2) is 24.3 Å². The van der Waals surface area contributed by atoms with Gasteiger partial charge in [0.05, 0.1) is 6.04 Å². The van der Waals surface area contributed by atoms with Crippen LogP contribution in [0.3, 0.4) is 0 Å². The van der Waals surface area contributed by atoms with E-state index in [1.165, 1.54) is 0 Å². The Morgan fingerprint density at radius 1 is 1.33 bits per heavy atom. The maximum absolute atomic E-state index is 11.8. The fourth-order valence-electron chi connectivity index (χ4n) is 2.19. The maximum atomic E-state index is 11.8. The number of phenols is 1. The number of hydrogen-bond donors (Lipinski definition) is 3. The molecule has 1 aliphatic heterocycles. The molecule has 0 saturated carbocycles. The molecule has 1 saturated heterocycles. The monoisotopic (exact) mass is 248 g/mol. The molecule has 0 spiro atoms. The predicted molar refractivity (Wildman–Crippen MR) is 70.5 cm³/mol. The van der Waals surface area contributed by atoms with E-state index in [0.29, 0.717) is 6.54 Å². The number of piperidine rings is 1. The summed E-state index contributed by atoms with van der Waals surface area (Å²) < 4.78 is 0. The van der Waals surface area contributed by atoms with Gasteiger partial charge in [-0.05, 0) is 43.5 Å². The second-order valence-corrected chi connectivity index (χ2v) is 4.71. The second kappa shape index (κ2) is 6.40. The van der Waals surface area contributed by atoms with Crippen molar-refractivity contribution < 1.29 is 9.90 Å². The van der Waals surface area contributed by atoms with Gasteiger partial charge in [0, 0.05) is 6.54 Å². The summed E-state index contributed by atoms with van der Waals surface area (Å²) in [6, 6.07) is 7.07. The van der Waals surface area contributed by atoms with Crippen LogP contribution in [0.1, 0.15) is 24.8 Å². The van der Waals surface area contributed by atoms with Gasteiger partial charge in [-0.3, -0.25) is 4.79 Å². The molecule has 1 aliphatic rings. The Kier molecular flexibility index (Phi) is 4.59. The number of rotatable bonds is 4. The van der Waals surface area contributed by atoms with Gasteiger partial charge < -0.3 is 15.7 Å². The highest BCUT2D eigenvalue weighted by Crippen LogP contribution is 2.10. The van der Waals surface area contributed by atoms with Crippen molar-refractivity contribution >= 4 is 5.91 Å². The quantitative estimate of drug-likeness (QED) is 0.750. The highest BCUT2D eigenvalue weighted by molar-refractivity contribution is 5.81. The van der Waals surface area contributed by atoms with Gasteiger partial charge in [0.15, 0.2) is 0 Å². The van der Waals surface area contributed by atoms with E-state index in [0.717, 1.165) is 37.8 Å². The number of carbonyl (C=O) groups is 1. The van der Waals surface area contributed by atoms with E-state index < -0.39 is 0 Å². The third-order valence-electron chi connectivity index (χ3n) is 3.28. The van der Waals surface area contributed by atoms with E-state index in [4.69, 9.17) is 5.11 Å². The Morgan fingerprint density at radius 2 is 2.11 bits per heavy atom. The van der Waals surface area contributed by atoms with Crippen molar-refractivity contribution in [2.24, 2.45) is 0 Å². The molecule has 1 amide bonds. The highest BCUT2D eigenvalue weighted by Gasteiger charge is 2.19. The largest absolute Gasteiger partial charge is 0.508 e. The molecular weight excluding hydrogens is 228 g/mol. The number of nitrogens with one attached hydrogen (secondary N) is 2. The zero-order valence-electron chi connectivity index (χ0n) is 10.5. The van der Waals surface area contributed by atoms with Gasteiger partial charge in [-0.1, -0.05) is 18.6 Å². The van der Waals surface area contributed by atoms with Crippen LogP contribution >= 0.6 is 0 Å². The zero-order valence-corrected chi connectivity index (χ0v) is 10.5. The molecule has 4 heteroatoms. The Bertz CT molecular complexity index is 383. The van der Waals surface area contributed by atoms with Crippen molar-refractivity contribution in [2.75, 3.05) is 13.1 Å².